The summed E-state index contributed by atoms with van der Waals surface area (Å²) in [6.45, 7) is 0. The number of hydrogen-bond acceptors (Lipinski definition) is 4. The molecule has 0 N–H and O–H groups in total. The van der Waals surface area contributed by atoms with E-state index in [2.05, 4.69) is 4.74 Å². The molecule has 2 aliphatic rings. The number of nitrogens with zero attached hydrogens (tertiary/aromatic N) is 1. The van der Waals surface area contributed by atoms with Gasteiger partial charge in [0, 0.05) is 12.8 Å². The number of benzene rings is 1. The third-order valence-electron chi connectivity index (χ3n) is 4.76. The van der Waals surface area contributed by atoms with Gasteiger partial charge < -0.3 is 4.74 Å². The summed E-state index contributed by atoms with van der Waals surface area (Å²) < 4.78 is 4.64. The van der Waals surface area contributed by atoms with Gasteiger partial charge in [-0.05, 0) is 42.5 Å². The number of piperidine rings is 1. The van der Waals surface area contributed by atoms with Crippen LogP contribution in [0, 0.1) is 5.41 Å². The van der Waals surface area contributed by atoms with Gasteiger partial charge in [0.25, 0.3) is 0 Å². The second kappa shape index (κ2) is 5.55. The van der Waals surface area contributed by atoms with E-state index in [1.807, 2.05) is 0 Å². The van der Waals surface area contributed by atoms with E-state index >= 15 is 0 Å². The molecule has 116 valence electrons. The van der Waals surface area contributed by atoms with E-state index in [-0.39, 0.29) is 17.2 Å². The fraction of sp³-hybridized carbons (Fsp3) is 0.471. The summed E-state index contributed by atoms with van der Waals surface area (Å²) in [5.41, 5.74) is 0.822. The molecule has 1 saturated heterocycles. The summed E-state index contributed by atoms with van der Waals surface area (Å²) in [4.78, 5) is 37.6. The molecular formula is C17H19NO4. The average molecular weight is 301 g/mol. The highest BCUT2D eigenvalue weighted by molar-refractivity contribution is 6.17. The van der Waals surface area contributed by atoms with Gasteiger partial charge in [0.15, 0.2) is 0 Å². The summed E-state index contributed by atoms with van der Waals surface area (Å²) in [5.74, 6) is -0.708. The number of carbonyl (C=O) groups excluding carboxylic acids is 3. The number of carbonyl (C=O) groups is 3. The highest BCUT2D eigenvalue weighted by Crippen LogP contribution is 2.47. The largest absolute Gasteiger partial charge is 0.465 e. The quantitative estimate of drug-likeness (QED) is 0.622. The minimum atomic E-state index is -0.437. The summed E-state index contributed by atoms with van der Waals surface area (Å²) in [6.07, 6.45) is 5.04. The molecule has 5 heteroatoms. The van der Waals surface area contributed by atoms with E-state index in [1.54, 1.807) is 24.3 Å². The lowest BCUT2D eigenvalue weighted by molar-refractivity contribution is -0.133. The molecule has 1 saturated carbocycles. The number of rotatable bonds is 2. The van der Waals surface area contributed by atoms with Gasteiger partial charge in [-0.2, -0.15) is 0 Å². The van der Waals surface area contributed by atoms with Crippen LogP contribution in [0.25, 0.3) is 0 Å². The zero-order chi connectivity index (χ0) is 15.7. The van der Waals surface area contributed by atoms with E-state index in [0.29, 0.717) is 24.1 Å². The minimum absolute atomic E-state index is 0.101. The molecule has 22 heavy (non-hydrogen) atoms. The predicted octanol–water partition coefficient (Wildman–Crippen LogP) is 2.69. The van der Waals surface area contributed by atoms with Gasteiger partial charge in [0.1, 0.15) is 0 Å². The number of methoxy groups -OCH3 is 1. The summed E-state index contributed by atoms with van der Waals surface area (Å²) >= 11 is 0. The maximum absolute atomic E-state index is 12.5. The van der Waals surface area contributed by atoms with Crippen LogP contribution in [0.2, 0.25) is 0 Å². The number of amides is 2. The van der Waals surface area contributed by atoms with Crippen molar-refractivity contribution < 1.29 is 19.1 Å². The lowest BCUT2D eigenvalue weighted by Crippen LogP contribution is -2.47. The zero-order valence-electron chi connectivity index (χ0n) is 12.6. The topological polar surface area (TPSA) is 63.7 Å². The fourth-order valence-corrected chi connectivity index (χ4v) is 3.63. The average Bonchev–Trinajstić information content (AvgIpc) is 2.94. The first-order chi connectivity index (χ1) is 10.5. The van der Waals surface area contributed by atoms with Gasteiger partial charge in [-0.1, -0.05) is 12.8 Å². The zero-order valence-corrected chi connectivity index (χ0v) is 12.6. The Bertz CT molecular complexity index is 594. The maximum atomic E-state index is 12.5. The molecule has 5 nitrogen and oxygen atoms in total. The Labute approximate surface area is 129 Å². The summed E-state index contributed by atoms with van der Waals surface area (Å²) in [5, 5.41) is 0. The van der Waals surface area contributed by atoms with Crippen LogP contribution in [0.4, 0.5) is 5.69 Å². The maximum Gasteiger partial charge on any atom is 0.337 e. The lowest BCUT2D eigenvalue weighted by Gasteiger charge is -2.37. The van der Waals surface area contributed by atoms with E-state index in [4.69, 9.17) is 0 Å². The highest BCUT2D eigenvalue weighted by Gasteiger charge is 2.45. The molecule has 2 amide bonds. The van der Waals surface area contributed by atoms with Crippen molar-refractivity contribution >= 4 is 23.5 Å². The molecule has 1 heterocycles. The van der Waals surface area contributed by atoms with Crippen molar-refractivity contribution in [3.05, 3.63) is 29.8 Å². The standard InChI is InChI=1S/C17H19NO4/c1-22-16(21)12-4-6-13(7-5-12)18-14(19)10-17(11-15(18)20)8-2-3-9-17/h4-7H,2-3,8-11H2,1H3. The SMILES string of the molecule is COC(=O)c1ccc(N2C(=O)CC3(CCCC3)CC2=O)cc1. The molecule has 1 spiro atoms. The molecule has 1 aromatic carbocycles. The van der Waals surface area contributed by atoms with Gasteiger partial charge in [-0.3, -0.25) is 14.5 Å². The first-order valence-corrected chi connectivity index (χ1v) is 7.59. The Morgan fingerprint density at radius 1 is 1.05 bits per heavy atom. The molecule has 1 aromatic rings. The van der Waals surface area contributed by atoms with Crippen LogP contribution in [0.1, 0.15) is 48.9 Å². The fourth-order valence-electron chi connectivity index (χ4n) is 3.63. The van der Waals surface area contributed by atoms with E-state index in [1.165, 1.54) is 12.0 Å². The number of esters is 1. The molecular weight excluding hydrogens is 282 g/mol. The Balaban J connectivity index is 1.81. The Hall–Kier alpha value is -2.17. The Morgan fingerprint density at radius 2 is 1.59 bits per heavy atom. The second-order valence-electron chi connectivity index (χ2n) is 6.22. The molecule has 2 fully saturated rings. The second-order valence-corrected chi connectivity index (χ2v) is 6.22. The molecule has 0 aromatic heterocycles. The van der Waals surface area contributed by atoms with Crippen molar-refractivity contribution in [2.45, 2.75) is 38.5 Å². The molecule has 0 unspecified atom stereocenters. The van der Waals surface area contributed by atoms with Crippen molar-refractivity contribution in [2.24, 2.45) is 5.41 Å². The van der Waals surface area contributed by atoms with Crippen LogP contribution in [-0.2, 0) is 14.3 Å². The van der Waals surface area contributed by atoms with Crippen LogP contribution in [0.3, 0.4) is 0 Å². The van der Waals surface area contributed by atoms with Gasteiger partial charge >= 0.3 is 5.97 Å². The van der Waals surface area contributed by atoms with E-state index in [9.17, 15) is 14.4 Å². The van der Waals surface area contributed by atoms with Crippen molar-refractivity contribution in [1.82, 2.24) is 0 Å². The first-order valence-electron chi connectivity index (χ1n) is 7.59. The van der Waals surface area contributed by atoms with Crippen molar-refractivity contribution in [3.8, 4) is 0 Å². The van der Waals surface area contributed by atoms with Crippen molar-refractivity contribution in [2.75, 3.05) is 12.0 Å². The van der Waals surface area contributed by atoms with Gasteiger partial charge in [-0.25, -0.2) is 4.79 Å². The number of anilines is 1. The smallest absolute Gasteiger partial charge is 0.337 e. The van der Waals surface area contributed by atoms with Crippen molar-refractivity contribution in [3.63, 3.8) is 0 Å². The molecule has 3 rings (SSSR count). The molecule has 1 aliphatic heterocycles. The van der Waals surface area contributed by atoms with Crippen LogP contribution in [0.5, 0.6) is 0 Å². The molecule has 0 radical (unpaired) electrons. The van der Waals surface area contributed by atoms with Gasteiger partial charge in [0.2, 0.25) is 11.8 Å². The lowest BCUT2D eigenvalue weighted by atomic mass is 9.76. The number of imide groups is 1. The van der Waals surface area contributed by atoms with Crippen LogP contribution < -0.4 is 4.90 Å². The van der Waals surface area contributed by atoms with Crippen LogP contribution in [0.15, 0.2) is 24.3 Å². The molecule has 0 bridgehead atoms. The molecule has 0 atom stereocenters. The van der Waals surface area contributed by atoms with Gasteiger partial charge in [-0.15, -0.1) is 0 Å². The molecule has 1 aliphatic carbocycles. The summed E-state index contributed by atoms with van der Waals surface area (Å²) in [7, 11) is 1.31. The van der Waals surface area contributed by atoms with E-state index < -0.39 is 5.97 Å². The number of hydrogen-bond donors (Lipinski definition) is 0. The van der Waals surface area contributed by atoms with Crippen molar-refractivity contribution in [1.29, 1.82) is 0 Å². The summed E-state index contributed by atoms with van der Waals surface area (Å²) in [6, 6.07) is 6.38. The minimum Gasteiger partial charge on any atom is -0.465 e. The van der Waals surface area contributed by atoms with Gasteiger partial charge in [0.05, 0.1) is 18.4 Å². The Morgan fingerprint density at radius 3 is 2.09 bits per heavy atom. The third-order valence-corrected chi connectivity index (χ3v) is 4.76. The van der Waals surface area contributed by atoms with Crippen LogP contribution >= 0.6 is 0 Å². The Kier molecular flexibility index (Phi) is 3.72. The number of ether oxygens (including phenoxy) is 1. The van der Waals surface area contributed by atoms with E-state index in [0.717, 1.165) is 25.7 Å². The predicted molar refractivity (Wildman–Crippen MR) is 80.4 cm³/mol. The highest BCUT2D eigenvalue weighted by atomic mass is 16.5. The normalized spacial score (nSPS) is 20.5. The van der Waals surface area contributed by atoms with Crippen LogP contribution in [-0.4, -0.2) is 24.9 Å². The third kappa shape index (κ3) is 2.51. The first kappa shape index (κ1) is 14.8. The monoisotopic (exact) mass is 301 g/mol.